The standard InChI is InChI=1S/C11H20N2O4/c1-10(2,3)17-9(15)12-5-8(14)13-6-11(4,16)7-13/h16H,5-7H2,1-4H3,(H,12,15). The van der Waals surface area contributed by atoms with Crippen molar-refractivity contribution in [1.29, 1.82) is 0 Å². The number of likely N-dealkylation sites (tertiary alicyclic amines) is 1. The van der Waals surface area contributed by atoms with Crippen LogP contribution in [0.4, 0.5) is 4.79 Å². The summed E-state index contributed by atoms with van der Waals surface area (Å²) in [5, 5.41) is 11.8. The molecule has 0 aromatic carbocycles. The van der Waals surface area contributed by atoms with E-state index in [2.05, 4.69) is 5.32 Å². The van der Waals surface area contributed by atoms with E-state index in [9.17, 15) is 14.7 Å². The first-order valence-corrected chi connectivity index (χ1v) is 5.56. The molecular weight excluding hydrogens is 224 g/mol. The molecule has 0 radical (unpaired) electrons. The number of aliphatic hydroxyl groups is 1. The quantitative estimate of drug-likeness (QED) is 0.722. The molecule has 0 aromatic heterocycles. The summed E-state index contributed by atoms with van der Waals surface area (Å²) >= 11 is 0. The van der Waals surface area contributed by atoms with Crippen LogP contribution in [0, 0.1) is 0 Å². The number of ether oxygens (including phenoxy) is 1. The van der Waals surface area contributed by atoms with Gasteiger partial charge in [-0.15, -0.1) is 0 Å². The molecule has 1 aliphatic heterocycles. The van der Waals surface area contributed by atoms with E-state index in [1.807, 2.05) is 0 Å². The maximum absolute atomic E-state index is 11.5. The average Bonchev–Trinajstić information content (AvgIpc) is 2.07. The second-order valence-corrected chi connectivity index (χ2v) is 5.60. The molecule has 0 atom stereocenters. The summed E-state index contributed by atoms with van der Waals surface area (Å²) in [4.78, 5) is 24.3. The first-order chi connectivity index (χ1) is 7.59. The van der Waals surface area contributed by atoms with Crippen LogP contribution in [0.3, 0.4) is 0 Å². The summed E-state index contributed by atoms with van der Waals surface area (Å²) in [5.41, 5.74) is -1.37. The number of carbonyl (C=O) groups excluding carboxylic acids is 2. The maximum Gasteiger partial charge on any atom is 0.408 e. The third kappa shape index (κ3) is 4.60. The lowest BCUT2D eigenvalue weighted by Crippen LogP contribution is -2.63. The Morgan fingerprint density at radius 1 is 1.41 bits per heavy atom. The van der Waals surface area contributed by atoms with Gasteiger partial charge in [0, 0.05) is 0 Å². The number of rotatable bonds is 2. The molecule has 6 heteroatoms. The van der Waals surface area contributed by atoms with Crippen molar-refractivity contribution < 1.29 is 19.4 Å². The Hall–Kier alpha value is -1.30. The molecule has 0 spiro atoms. The van der Waals surface area contributed by atoms with Crippen LogP contribution < -0.4 is 5.32 Å². The van der Waals surface area contributed by atoms with E-state index in [0.29, 0.717) is 13.1 Å². The zero-order valence-corrected chi connectivity index (χ0v) is 10.7. The summed E-state index contributed by atoms with van der Waals surface area (Å²) < 4.78 is 4.99. The highest BCUT2D eigenvalue weighted by Gasteiger charge is 2.39. The summed E-state index contributed by atoms with van der Waals surface area (Å²) in [6, 6.07) is 0. The highest BCUT2D eigenvalue weighted by molar-refractivity contribution is 5.83. The lowest BCUT2D eigenvalue weighted by Gasteiger charge is -2.44. The molecule has 2 N–H and O–H groups in total. The van der Waals surface area contributed by atoms with E-state index in [1.54, 1.807) is 27.7 Å². The molecule has 1 aliphatic rings. The van der Waals surface area contributed by atoms with Crippen molar-refractivity contribution in [3.05, 3.63) is 0 Å². The third-order valence-electron chi connectivity index (χ3n) is 2.20. The Morgan fingerprint density at radius 2 is 1.94 bits per heavy atom. The predicted molar refractivity (Wildman–Crippen MR) is 61.4 cm³/mol. The van der Waals surface area contributed by atoms with Gasteiger partial charge in [0.2, 0.25) is 5.91 Å². The van der Waals surface area contributed by atoms with Crippen LogP contribution in [0.5, 0.6) is 0 Å². The molecule has 98 valence electrons. The van der Waals surface area contributed by atoms with Crippen LogP contribution in [0.2, 0.25) is 0 Å². The van der Waals surface area contributed by atoms with Crippen molar-refractivity contribution in [2.24, 2.45) is 0 Å². The predicted octanol–water partition coefficient (Wildman–Crippen LogP) is 0.104. The molecule has 2 amide bonds. The van der Waals surface area contributed by atoms with E-state index >= 15 is 0 Å². The van der Waals surface area contributed by atoms with Gasteiger partial charge in [-0.1, -0.05) is 0 Å². The number of β-amino-alcohol motifs (C(OH)–C–C–N with tert-alkyl or cyclic N) is 1. The van der Waals surface area contributed by atoms with Crippen LogP contribution in [0.25, 0.3) is 0 Å². The first-order valence-electron chi connectivity index (χ1n) is 5.56. The number of alkyl carbamates (subject to hydrolysis) is 1. The lowest BCUT2D eigenvalue weighted by atomic mass is 9.97. The Balaban J connectivity index is 2.23. The minimum Gasteiger partial charge on any atom is -0.444 e. The maximum atomic E-state index is 11.5. The lowest BCUT2D eigenvalue weighted by molar-refractivity contribution is -0.151. The number of hydrogen-bond acceptors (Lipinski definition) is 4. The van der Waals surface area contributed by atoms with Gasteiger partial charge in [0.05, 0.1) is 18.7 Å². The van der Waals surface area contributed by atoms with Gasteiger partial charge in [0.25, 0.3) is 0 Å². The second-order valence-electron chi connectivity index (χ2n) is 5.60. The SMILES string of the molecule is CC1(O)CN(C(=O)CNC(=O)OC(C)(C)C)C1. The van der Waals surface area contributed by atoms with Crippen LogP contribution >= 0.6 is 0 Å². The Labute approximate surface area is 101 Å². The fourth-order valence-corrected chi connectivity index (χ4v) is 1.53. The number of carbonyl (C=O) groups is 2. The van der Waals surface area contributed by atoms with Gasteiger partial charge < -0.3 is 20.1 Å². The molecular formula is C11H20N2O4. The molecule has 1 saturated heterocycles. The topological polar surface area (TPSA) is 78.9 Å². The first kappa shape index (κ1) is 13.8. The zero-order chi connectivity index (χ0) is 13.3. The zero-order valence-electron chi connectivity index (χ0n) is 10.7. The minimum absolute atomic E-state index is 0.106. The van der Waals surface area contributed by atoms with Gasteiger partial charge in [0.1, 0.15) is 12.1 Å². The van der Waals surface area contributed by atoms with Crippen molar-refractivity contribution >= 4 is 12.0 Å². The monoisotopic (exact) mass is 244 g/mol. The largest absolute Gasteiger partial charge is 0.444 e. The molecule has 0 saturated carbocycles. The molecule has 1 heterocycles. The third-order valence-corrected chi connectivity index (χ3v) is 2.20. The van der Waals surface area contributed by atoms with Crippen LogP contribution in [-0.2, 0) is 9.53 Å². The van der Waals surface area contributed by atoms with E-state index in [1.165, 1.54) is 4.90 Å². The highest BCUT2D eigenvalue weighted by atomic mass is 16.6. The van der Waals surface area contributed by atoms with Gasteiger partial charge in [-0.3, -0.25) is 4.79 Å². The summed E-state index contributed by atoms with van der Waals surface area (Å²) in [7, 11) is 0. The van der Waals surface area contributed by atoms with Crippen molar-refractivity contribution in [3.63, 3.8) is 0 Å². The van der Waals surface area contributed by atoms with Crippen molar-refractivity contribution in [2.75, 3.05) is 19.6 Å². The molecule has 6 nitrogen and oxygen atoms in total. The molecule has 0 unspecified atom stereocenters. The van der Waals surface area contributed by atoms with Crippen molar-refractivity contribution in [1.82, 2.24) is 10.2 Å². The Bertz CT molecular complexity index is 312. The van der Waals surface area contributed by atoms with Crippen LogP contribution in [0.1, 0.15) is 27.7 Å². The van der Waals surface area contributed by atoms with E-state index in [-0.39, 0.29) is 12.5 Å². The Kier molecular flexibility index (Phi) is 3.66. The summed E-state index contributed by atoms with van der Waals surface area (Å²) in [6.45, 7) is 7.43. The molecule has 17 heavy (non-hydrogen) atoms. The normalized spacial score (nSPS) is 18.3. The smallest absolute Gasteiger partial charge is 0.408 e. The molecule has 0 bridgehead atoms. The van der Waals surface area contributed by atoms with Gasteiger partial charge in [-0.05, 0) is 27.7 Å². The van der Waals surface area contributed by atoms with Gasteiger partial charge in [-0.25, -0.2) is 4.79 Å². The van der Waals surface area contributed by atoms with Gasteiger partial charge in [-0.2, -0.15) is 0 Å². The van der Waals surface area contributed by atoms with E-state index in [4.69, 9.17) is 4.74 Å². The van der Waals surface area contributed by atoms with E-state index in [0.717, 1.165) is 0 Å². The Morgan fingerprint density at radius 3 is 2.35 bits per heavy atom. The summed E-state index contributed by atoms with van der Waals surface area (Å²) in [6.07, 6.45) is -0.613. The van der Waals surface area contributed by atoms with Crippen molar-refractivity contribution in [3.8, 4) is 0 Å². The molecule has 0 aromatic rings. The molecule has 1 rings (SSSR count). The number of nitrogens with one attached hydrogen (secondary N) is 1. The molecule has 0 aliphatic carbocycles. The van der Waals surface area contributed by atoms with E-state index < -0.39 is 17.3 Å². The fourth-order valence-electron chi connectivity index (χ4n) is 1.53. The van der Waals surface area contributed by atoms with Crippen LogP contribution in [0.15, 0.2) is 0 Å². The van der Waals surface area contributed by atoms with Gasteiger partial charge >= 0.3 is 6.09 Å². The number of amides is 2. The average molecular weight is 244 g/mol. The van der Waals surface area contributed by atoms with Crippen molar-refractivity contribution in [2.45, 2.75) is 38.9 Å². The second kappa shape index (κ2) is 4.52. The number of nitrogens with zero attached hydrogens (tertiary/aromatic N) is 1. The molecule has 1 fully saturated rings. The van der Waals surface area contributed by atoms with Gasteiger partial charge in [0.15, 0.2) is 0 Å². The fraction of sp³-hybridized carbons (Fsp3) is 0.818. The summed E-state index contributed by atoms with van der Waals surface area (Å²) in [5.74, 6) is -0.220. The number of hydrogen-bond donors (Lipinski definition) is 2. The highest BCUT2D eigenvalue weighted by Crippen LogP contribution is 2.19. The van der Waals surface area contributed by atoms with Crippen LogP contribution in [-0.4, -0.2) is 52.8 Å². The minimum atomic E-state index is -0.790.